The predicted molar refractivity (Wildman–Crippen MR) is 286 cm³/mol. The van der Waals surface area contributed by atoms with Crippen molar-refractivity contribution < 1.29 is 38.1 Å². The minimum Gasteiger partial charge on any atom is -0.377 e. The van der Waals surface area contributed by atoms with E-state index in [1.54, 1.807) is 28.0 Å². The Kier molecular flexibility index (Phi) is 16.8. The Morgan fingerprint density at radius 1 is 0.920 bits per heavy atom. The lowest BCUT2D eigenvalue weighted by Gasteiger charge is -2.53. The highest BCUT2D eigenvalue weighted by Gasteiger charge is 2.62. The Morgan fingerprint density at radius 3 is 2.47 bits per heavy atom. The third-order valence-corrected chi connectivity index (χ3v) is 16.8. The molecule has 1 aliphatic heterocycles. The molecule has 396 valence electrons. The smallest absolute Gasteiger partial charge is 0.272 e. The molecule has 3 amide bonds. The Labute approximate surface area is 439 Å². The molecule has 2 heterocycles. The summed E-state index contributed by atoms with van der Waals surface area (Å²) in [5.74, 6) is 6.17. The molecule has 1 aromatic heterocycles. The van der Waals surface area contributed by atoms with E-state index < -0.39 is 17.3 Å². The second-order valence-electron chi connectivity index (χ2n) is 21.3. The van der Waals surface area contributed by atoms with Gasteiger partial charge in [-0.2, -0.15) is 5.10 Å². The van der Waals surface area contributed by atoms with Gasteiger partial charge in [-0.1, -0.05) is 61.2 Å². The highest BCUT2D eigenvalue weighted by molar-refractivity contribution is 5.95. The van der Waals surface area contributed by atoms with Crippen molar-refractivity contribution in [2.75, 3.05) is 77.6 Å². The lowest BCUT2D eigenvalue weighted by molar-refractivity contribution is -0.138. The van der Waals surface area contributed by atoms with E-state index in [1.807, 2.05) is 25.1 Å². The number of carbonyl (C=O) groups excluding carboxylic acids is 4. The summed E-state index contributed by atoms with van der Waals surface area (Å²) in [6, 6.07) is 20.5. The van der Waals surface area contributed by atoms with E-state index in [-0.39, 0.29) is 73.0 Å². The predicted octanol–water partition coefficient (Wildman–Crippen LogP) is 7.44. The molecule has 5 atom stereocenters. The minimum atomic E-state index is -0.999. The number of rotatable bonds is 19. The van der Waals surface area contributed by atoms with E-state index in [0.29, 0.717) is 85.8 Å². The summed E-state index contributed by atoms with van der Waals surface area (Å²) in [6.07, 6.45) is 11.2. The molecular weight excluding hydrogens is 952 g/mol. The SMILES string of the molecule is CC#C[C@]1(O)CC[C@H]2[C@@H]3CCC4=CC(=O)CCC4=C3[C@@H](c3ccc(N(C)CCCCCC(=O)NCCOCCOCC(=O)N4CCN(C(=O)c5cc(Cc6n[nH]c(=O)c7ccccc67)ccc5F)CC4)cc3)C[C@@]21C. The number of unbranched alkanes of at least 4 members (excludes halogenated alkanes) is 2. The molecule has 14 nitrogen and oxygen atoms in total. The number of hydrogen-bond donors (Lipinski definition) is 3. The van der Waals surface area contributed by atoms with Crippen molar-refractivity contribution in [2.24, 2.45) is 17.3 Å². The average Bonchev–Trinajstić information content (AvgIpc) is 3.68. The highest BCUT2D eigenvalue weighted by atomic mass is 19.1. The van der Waals surface area contributed by atoms with Gasteiger partial charge in [0.05, 0.1) is 36.5 Å². The molecule has 0 unspecified atom stereocenters. The Morgan fingerprint density at radius 2 is 1.68 bits per heavy atom. The van der Waals surface area contributed by atoms with E-state index >= 15 is 0 Å². The molecule has 3 fully saturated rings. The number of aromatic nitrogens is 2. The van der Waals surface area contributed by atoms with Crippen molar-refractivity contribution in [1.29, 1.82) is 0 Å². The highest BCUT2D eigenvalue weighted by Crippen LogP contribution is 2.66. The van der Waals surface area contributed by atoms with Gasteiger partial charge in [0.15, 0.2) is 5.78 Å². The molecule has 3 N–H and O–H groups in total. The van der Waals surface area contributed by atoms with Crippen LogP contribution in [0.2, 0.25) is 0 Å². The third-order valence-electron chi connectivity index (χ3n) is 16.8. The minimum absolute atomic E-state index is 0.0156. The molecule has 0 radical (unpaired) electrons. The number of nitrogens with zero attached hydrogens (tertiary/aromatic N) is 4. The fraction of sp³-hybridized carbons (Fsp3) is 0.500. The monoisotopic (exact) mass is 1020 g/mol. The van der Waals surface area contributed by atoms with Gasteiger partial charge < -0.3 is 34.6 Å². The zero-order chi connectivity index (χ0) is 52.7. The quantitative estimate of drug-likeness (QED) is 0.0633. The number of piperazine rings is 1. The van der Waals surface area contributed by atoms with Crippen LogP contribution in [0.15, 0.2) is 94.3 Å². The fourth-order valence-corrected chi connectivity index (χ4v) is 12.8. The van der Waals surface area contributed by atoms with Crippen LogP contribution in [0.4, 0.5) is 10.1 Å². The molecule has 3 aromatic carbocycles. The molecule has 4 aromatic rings. The van der Waals surface area contributed by atoms with Crippen molar-refractivity contribution in [3.63, 3.8) is 0 Å². The first-order valence-electron chi connectivity index (χ1n) is 26.9. The maximum absolute atomic E-state index is 15.0. The number of aromatic amines is 1. The van der Waals surface area contributed by atoms with E-state index in [2.05, 4.69) is 70.5 Å². The van der Waals surface area contributed by atoms with Crippen LogP contribution in [-0.2, 0) is 30.3 Å². The molecule has 0 bridgehead atoms. The maximum Gasteiger partial charge on any atom is 0.272 e. The number of carbonyl (C=O) groups is 4. The summed E-state index contributed by atoms with van der Waals surface area (Å²) < 4.78 is 26.2. The van der Waals surface area contributed by atoms with Crippen LogP contribution in [0, 0.1) is 34.9 Å². The first-order chi connectivity index (χ1) is 36.3. The molecule has 4 aliphatic carbocycles. The van der Waals surface area contributed by atoms with Crippen molar-refractivity contribution >= 4 is 40.0 Å². The second kappa shape index (κ2) is 23.6. The largest absolute Gasteiger partial charge is 0.377 e. The molecule has 1 saturated heterocycles. The van der Waals surface area contributed by atoms with Crippen LogP contribution in [0.3, 0.4) is 0 Å². The topological polar surface area (TPSA) is 174 Å². The number of allylic oxidation sites excluding steroid dienone is 4. The van der Waals surface area contributed by atoms with Gasteiger partial charge in [0.1, 0.15) is 18.0 Å². The number of anilines is 1. The van der Waals surface area contributed by atoms with Gasteiger partial charge in [0, 0.05) is 88.0 Å². The second-order valence-corrected chi connectivity index (χ2v) is 21.3. The zero-order valence-electron chi connectivity index (χ0n) is 43.7. The molecule has 5 aliphatic rings. The van der Waals surface area contributed by atoms with Crippen molar-refractivity contribution in [3.8, 4) is 11.8 Å². The maximum atomic E-state index is 15.0. The van der Waals surface area contributed by atoms with Crippen LogP contribution in [0.25, 0.3) is 10.8 Å². The standard InChI is InChI=1S/C60H71FN6O8/c1-4-24-60(73)25-23-51-48-20-16-42-37-44(68)19-21-45(42)56(48)50(38-59(51,60)2)41-14-17-43(18-15-41)65(3)27-9-5-6-12-54(69)62-26-32-74-33-34-75-39-55(70)66-28-30-67(31-29-66)58(72)49-35-40(13-22-52(49)61)36-53-46-10-7-8-11-47(46)57(71)64-63-53/h7-8,10-11,13-15,17-18,22,35,37,48,50-51,73H,5-6,9,12,16,19-21,23,25-34,36,38-39H2,1-3H3,(H,62,69)(H,64,71)/t48-,50+,51-,59-,60-/m0/s1. The van der Waals surface area contributed by atoms with Crippen LogP contribution < -0.4 is 15.8 Å². The van der Waals surface area contributed by atoms with Crippen LogP contribution in [0.1, 0.15) is 118 Å². The van der Waals surface area contributed by atoms with Gasteiger partial charge in [0.2, 0.25) is 11.8 Å². The number of benzene rings is 3. The van der Waals surface area contributed by atoms with Crippen LogP contribution in [0.5, 0.6) is 0 Å². The number of ether oxygens (including phenoxy) is 2. The Bertz CT molecular complexity index is 2970. The Balaban J connectivity index is 0.634. The van der Waals surface area contributed by atoms with Gasteiger partial charge >= 0.3 is 0 Å². The number of ketones is 1. The number of fused-ring (bicyclic) bond motifs is 5. The first-order valence-corrected chi connectivity index (χ1v) is 26.9. The molecule has 15 heteroatoms. The zero-order valence-corrected chi connectivity index (χ0v) is 43.7. The first kappa shape index (κ1) is 53.4. The van der Waals surface area contributed by atoms with Gasteiger partial charge in [-0.15, -0.1) is 5.92 Å². The number of amides is 3. The molecule has 2 saturated carbocycles. The van der Waals surface area contributed by atoms with Gasteiger partial charge in [-0.3, -0.25) is 24.0 Å². The van der Waals surface area contributed by atoms with E-state index in [4.69, 9.17) is 9.47 Å². The van der Waals surface area contributed by atoms with Gasteiger partial charge in [-0.05, 0) is 129 Å². The van der Waals surface area contributed by atoms with E-state index in [0.717, 1.165) is 63.6 Å². The molecule has 0 spiro atoms. The summed E-state index contributed by atoms with van der Waals surface area (Å²) >= 11 is 0. The van der Waals surface area contributed by atoms with Gasteiger partial charge in [-0.25, -0.2) is 9.49 Å². The fourth-order valence-electron chi connectivity index (χ4n) is 12.8. The number of aliphatic hydroxyl groups is 1. The third kappa shape index (κ3) is 11.7. The summed E-state index contributed by atoms with van der Waals surface area (Å²) in [4.78, 5) is 69.0. The molecule has 75 heavy (non-hydrogen) atoms. The summed E-state index contributed by atoms with van der Waals surface area (Å²) in [7, 11) is 2.11. The summed E-state index contributed by atoms with van der Waals surface area (Å²) in [5, 5.41) is 22.9. The molecular formula is C60H71FN6O8. The van der Waals surface area contributed by atoms with Crippen LogP contribution in [-0.4, -0.2) is 127 Å². The summed E-state index contributed by atoms with van der Waals surface area (Å²) in [6.45, 7) is 7.10. The van der Waals surface area contributed by atoms with E-state index in [1.165, 1.54) is 34.4 Å². The van der Waals surface area contributed by atoms with Crippen molar-refractivity contribution in [3.05, 3.63) is 128 Å². The van der Waals surface area contributed by atoms with E-state index in [9.17, 15) is 33.5 Å². The summed E-state index contributed by atoms with van der Waals surface area (Å²) in [5.41, 5.74) is 6.18. The number of H-pyrrole nitrogens is 1. The Hall–Kier alpha value is -6.47. The number of hydrogen-bond acceptors (Lipinski definition) is 10. The average molecular weight is 1020 g/mol. The number of halogens is 1. The lowest BCUT2D eigenvalue weighted by atomic mass is 9.51. The normalized spacial score (nSPS) is 23.2. The number of nitrogens with one attached hydrogen (secondary N) is 2. The van der Waals surface area contributed by atoms with Crippen molar-refractivity contribution in [1.82, 2.24) is 25.3 Å². The van der Waals surface area contributed by atoms with Gasteiger partial charge in [0.25, 0.3) is 11.5 Å². The van der Waals surface area contributed by atoms with Crippen molar-refractivity contribution in [2.45, 2.75) is 102 Å². The lowest BCUT2D eigenvalue weighted by Crippen LogP contribution is -2.51. The molecule has 9 rings (SSSR count). The van der Waals surface area contributed by atoms with Crippen LogP contribution >= 0.6 is 0 Å².